The molecule has 0 bridgehead atoms. The number of benzene rings is 2. The van der Waals surface area contributed by atoms with Crippen LogP contribution in [0.4, 0.5) is 0 Å². The number of aryl methyl sites for hydroxylation is 1. The maximum absolute atomic E-state index is 12.6. The van der Waals surface area contributed by atoms with E-state index in [2.05, 4.69) is 28.9 Å². The smallest absolute Gasteiger partial charge is 0.246 e. The van der Waals surface area contributed by atoms with Crippen molar-refractivity contribution >= 4 is 17.5 Å². The van der Waals surface area contributed by atoms with Crippen LogP contribution in [0.25, 0.3) is 11.4 Å². The molecule has 0 atom stereocenters. The SMILES string of the molecule is C=CCN(Cc1nc(-c2ccc(Cl)cc2)no1)C(=O)CCCc1ccccc1. The summed E-state index contributed by atoms with van der Waals surface area (Å²) in [5.41, 5.74) is 2.04. The second-order valence-electron chi connectivity index (χ2n) is 6.42. The molecule has 3 rings (SSSR count). The highest BCUT2D eigenvalue weighted by molar-refractivity contribution is 6.30. The number of hydrogen-bond acceptors (Lipinski definition) is 4. The molecule has 28 heavy (non-hydrogen) atoms. The zero-order valence-corrected chi connectivity index (χ0v) is 16.3. The first-order valence-electron chi connectivity index (χ1n) is 9.17. The number of nitrogens with zero attached hydrogens (tertiary/aromatic N) is 3. The lowest BCUT2D eigenvalue weighted by Gasteiger charge is -2.19. The van der Waals surface area contributed by atoms with Crippen molar-refractivity contribution in [2.24, 2.45) is 0 Å². The first-order valence-corrected chi connectivity index (χ1v) is 9.54. The number of carbonyl (C=O) groups is 1. The standard InChI is InChI=1S/C22H22ClN3O2/c1-2-15-26(21(27)10-6-9-17-7-4-3-5-8-17)16-20-24-22(25-28-20)18-11-13-19(23)14-12-18/h2-5,7-8,11-14H,1,6,9-10,15-16H2. The molecule has 0 spiro atoms. The number of hydrogen-bond donors (Lipinski definition) is 0. The molecule has 0 radical (unpaired) electrons. The topological polar surface area (TPSA) is 59.2 Å². The summed E-state index contributed by atoms with van der Waals surface area (Å²) < 4.78 is 5.33. The van der Waals surface area contributed by atoms with E-state index < -0.39 is 0 Å². The Morgan fingerprint density at radius 3 is 2.61 bits per heavy atom. The van der Waals surface area contributed by atoms with Crippen molar-refractivity contribution in [2.45, 2.75) is 25.8 Å². The number of rotatable bonds is 9. The van der Waals surface area contributed by atoms with Gasteiger partial charge in [-0.25, -0.2) is 0 Å². The maximum atomic E-state index is 12.6. The highest BCUT2D eigenvalue weighted by Gasteiger charge is 2.17. The van der Waals surface area contributed by atoms with Crippen molar-refractivity contribution in [2.75, 3.05) is 6.54 Å². The number of aromatic nitrogens is 2. The van der Waals surface area contributed by atoms with Gasteiger partial charge in [-0.2, -0.15) is 4.98 Å². The first kappa shape index (κ1) is 19.8. The zero-order valence-electron chi connectivity index (χ0n) is 15.6. The molecule has 0 fully saturated rings. The molecular weight excluding hydrogens is 374 g/mol. The summed E-state index contributed by atoms with van der Waals surface area (Å²) in [6.07, 6.45) is 3.82. The number of carbonyl (C=O) groups excluding carboxylic acids is 1. The third-order valence-electron chi connectivity index (χ3n) is 4.30. The van der Waals surface area contributed by atoms with Crippen molar-refractivity contribution in [3.63, 3.8) is 0 Å². The third-order valence-corrected chi connectivity index (χ3v) is 4.55. The molecule has 0 aliphatic rings. The van der Waals surface area contributed by atoms with Crippen molar-refractivity contribution in [3.8, 4) is 11.4 Å². The lowest BCUT2D eigenvalue weighted by Crippen LogP contribution is -2.30. The molecule has 0 N–H and O–H groups in total. The molecule has 3 aromatic rings. The molecule has 1 amide bonds. The minimum atomic E-state index is 0.0436. The summed E-state index contributed by atoms with van der Waals surface area (Å²) in [6, 6.07) is 17.3. The van der Waals surface area contributed by atoms with Gasteiger partial charge in [-0.1, -0.05) is 53.2 Å². The summed E-state index contributed by atoms with van der Waals surface area (Å²) in [5.74, 6) is 0.909. The van der Waals surface area contributed by atoms with Gasteiger partial charge in [0.1, 0.15) is 6.54 Å². The van der Waals surface area contributed by atoms with Gasteiger partial charge in [0.25, 0.3) is 0 Å². The van der Waals surface area contributed by atoms with E-state index in [4.69, 9.17) is 16.1 Å². The Morgan fingerprint density at radius 2 is 1.89 bits per heavy atom. The van der Waals surface area contributed by atoms with Gasteiger partial charge in [-0.3, -0.25) is 4.79 Å². The van der Waals surface area contributed by atoms with E-state index in [1.807, 2.05) is 30.3 Å². The predicted molar refractivity (Wildman–Crippen MR) is 110 cm³/mol. The number of halogens is 1. The van der Waals surface area contributed by atoms with E-state index >= 15 is 0 Å². The van der Waals surface area contributed by atoms with Crippen LogP contribution in [0, 0.1) is 0 Å². The summed E-state index contributed by atoms with van der Waals surface area (Å²) in [7, 11) is 0. The van der Waals surface area contributed by atoms with E-state index in [0.717, 1.165) is 18.4 Å². The first-order chi connectivity index (χ1) is 13.7. The van der Waals surface area contributed by atoms with Crippen LogP contribution in [-0.4, -0.2) is 27.5 Å². The summed E-state index contributed by atoms with van der Waals surface area (Å²) in [6.45, 7) is 4.43. The van der Waals surface area contributed by atoms with Gasteiger partial charge in [0.2, 0.25) is 17.6 Å². The van der Waals surface area contributed by atoms with E-state index in [9.17, 15) is 4.79 Å². The van der Waals surface area contributed by atoms with Crippen molar-refractivity contribution in [1.29, 1.82) is 0 Å². The van der Waals surface area contributed by atoms with Crippen LogP contribution in [0.15, 0.2) is 71.8 Å². The molecule has 144 valence electrons. The Balaban J connectivity index is 1.58. The van der Waals surface area contributed by atoms with Crippen molar-refractivity contribution < 1.29 is 9.32 Å². The molecule has 1 aromatic heterocycles. The minimum Gasteiger partial charge on any atom is -0.337 e. The largest absolute Gasteiger partial charge is 0.337 e. The minimum absolute atomic E-state index is 0.0436. The monoisotopic (exact) mass is 395 g/mol. The normalized spacial score (nSPS) is 10.6. The van der Waals surface area contributed by atoms with Gasteiger partial charge >= 0.3 is 0 Å². The highest BCUT2D eigenvalue weighted by Crippen LogP contribution is 2.19. The molecule has 6 heteroatoms. The van der Waals surface area contributed by atoms with Gasteiger partial charge in [-0.05, 0) is 42.7 Å². The van der Waals surface area contributed by atoms with Crippen LogP contribution in [0.2, 0.25) is 5.02 Å². The van der Waals surface area contributed by atoms with Gasteiger partial charge in [-0.15, -0.1) is 6.58 Å². The molecule has 0 aliphatic carbocycles. The molecule has 5 nitrogen and oxygen atoms in total. The van der Waals surface area contributed by atoms with Gasteiger partial charge < -0.3 is 9.42 Å². The average molecular weight is 396 g/mol. The summed E-state index contributed by atoms with van der Waals surface area (Å²) in [4.78, 5) is 18.7. The van der Waals surface area contributed by atoms with E-state index in [0.29, 0.717) is 29.7 Å². The Labute approximate surface area is 169 Å². The van der Waals surface area contributed by atoms with E-state index in [1.165, 1.54) is 5.56 Å². The predicted octanol–water partition coefficient (Wildman–Crippen LogP) is 4.93. The molecule has 0 saturated heterocycles. The van der Waals surface area contributed by atoms with Crippen LogP contribution < -0.4 is 0 Å². The molecule has 0 unspecified atom stereocenters. The third kappa shape index (κ3) is 5.54. The van der Waals surface area contributed by atoms with Crippen molar-refractivity contribution in [3.05, 3.63) is 83.7 Å². The lowest BCUT2D eigenvalue weighted by atomic mass is 10.1. The van der Waals surface area contributed by atoms with Gasteiger partial charge in [0.15, 0.2) is 0 Å². The fourth-order valence-corrected chi connectivity index (χ4v) is 2.98. The van der Waals surface area contributed by atoms with Crippen molar-refractivity contribution in [1.82, 2.24) is 15.0 Å². The zero-order chi connectivity index (χ0) is 19.8. The summed E-state index contributed by atoms with van der Waals surface area (Å²) >= 11 is 5.91. The van der Waals surface area contributed by atoms with Crippen LogP contribution in [0.1, 0.15) is 24.3 Å². The molecule has 0 aliphatic heterocycles. The molecule has 2 aromatic carbocycles. The second kappa shape index (κ2) is 9.85. The van der Waals surface area contributed by atoms with E-state index in [1.54, 1.807) is 23.1 Å². The Bertz CT molecular complexity index is 907. The second-order valence-corrected chi connectivity index (χ2v) is 6.86. The molecule has 1 heterocycles. The maximum Gasteiger partial charge on any atom is 0.246 e. The Kier molecular flexibility index (Phi) is 6.98. The van der Waals surface area contributed by atoms with Gasteiger partial charge in [0, 0.05) is 23.6 Å². The fourth-order valence-electron chi connectivity index (χ4n) is 2.86. The quantitative estimate of drug-likeness (QED) is 0.482. The number of amides is 1. The lowest BCUT2D eigenvalue weighted by molar-refractivity contribution is -0.131. The Hall–Kier alpha value is -2.92. The van der Waals surface area contributed by atoms with Gasteiger partial charge in [0.05, 0.1) is 0 Å². The van der Waals surface area contributed by atoms with Crippen LogP contribution >= 0.6 is 11.6 Å². The van der Waals surface area contributed by atoms with Crippen LogP contribution in [0.3, 0.4) is 0 Å². The average Bonchev–Trinajstić information content (AvgIpc) is 3.17. The fraction of sp³-hybridized carbons (Fsp3) is 0.227. The van der Waals surface area contributed by atoms with Crippen LogP contribution in [0.5, 0.6) is 0 Å². The van der Waals surface area contributed by atoms with Crippen LogP contribution in [-0.2, 0) is 17.8 Å². The summed E-state index contributed by atoms with van der Waals surface area (Å²) in [5, 5.41) is 4.64. The highest BCUT2D eigenvalue weighted by atomic mass is 35.5. The Morgan fingerprint density at radius 1 is 1.14 bits per heavy atom. The van der Waals surface area contributed by atoms with E-state index in [-0.39, 0.29) is 12.5 Å². The molecular formula is C22H22ClN3O2. The molecule has 0 saturated carbocycles.